The van der Waals surface area contributed by atoms with E-state index in [2.05, 4.69) is 29.3 Å². The molecular formula is C20H23FN2OS. The fourth-order valence-electron chi connectivity index (χ4n) is 2.90. The van der Waals surface area contributed by atoms with Crippen molar-refractivity contribution in [2.24, 2.45) is 5.92 Å². The smallest absolute Gasteiger partial charge is 0.234 e. The van der Waals surface area contributed by atoms with E-state index in [0.29, 0.717) is 5.75 Å². The average Bonchev–Trinajstić information content (AvgIpc) is 2.63. The minimum Gasteiger partial charge on any atom is -0.372 e. The average molecular weight is 358 g/mol. The van der Waals surface area contributed by atoms with Crippen LogP contribution in [0.5, 0.6) is 0 Å². The highest BCUT2D eigenvalue weighted by molar-refractivity contribution is 8.00. The number of nitrogens with one attached hydrogen (secondary N) is 1. The summed E-state index contributed by atoms with van der Waals surface area (Å²) in [5.74, 6) is 0.788. The third-order valence-corrected chi connectivity index (χ3v) is 5.50. The highest BCUT2D eigenvalue weighted by Gasteiger charge is 2.15. The number of piperidine rings is 1. The zero-order valence-electron chi connectivity index (χ0n) is 14.4. The molecule has 1 amide bonds. The number of halogens is 1. The second-order valence-electron chi connectivity index (χ2n) is 6.51. The van der Waals surface area contributed by atoms with Gasteiger partial charge in [-0.05, 0) is 67.3 Å². The molecule has 25 heavy (non-hydrogen) atoms. The molecule has 0 atom stereocenters. The van der Waals surface area contributed by atoms with Crippen LogP contribution in [0.1, 0.15) is 19.8 Å². The largest absolute Gasteiger partial charge is 0.372 e. The Morgan fingerprint density at radius 1 is 1.12 bits per heavy atom. The molecule has 1 heterocycles. The fourth-order valence-corrected chi connectivity index (χ4v) is 3.60. The molecule has 0 aliphatic carbocycles. The molecule has 2 aromatic rings. The van der Waals surface area contributed by atoms with E-state index in [1.165, 1.54) is 42.4 Å². The molecule has 0 unspecified atom stereocenters. The normalized spacial score (nSPS) is 15.2. The maximum atomic E-state index is 12.9. The van der Waals surface area contributed by atoms with Gasteiger partial charge in [-0.3, -0.25) is 4.79 Å². The first-order valence-corrected chi connectivity index (χ1v) is 9.62. The van der Waals surface area contributed by atoms with Crippen LogP contribution in [0.4, 0.5) is 15.8 Å². The number of benzene rings is 2. The lowest BCUT2D eigenvalue weighted by Crippen LogP contribution is -2.32. The number of anilines is 2. The number of rotatable bonds is 5. The van der Waals surface area contributed by atoms with Gasteiger partial charge in [-0.15, -0.1) is 11.8 Å². The summed E-state index contributed by atoms with van der Waals surface area (Å²) >= 11 is 1.40. The van der Waals surface area contributed by atoms with Gasteiger partial charge in [-0.2, -0.15) is 0 Å². The van der Waals surface area contributed by atoms with Gasteiger partial charge in [0, 0.05) is 29.4 Å². The molecule has 0 aromatic heterocycles. The van der Waals surface area contributed by atoms with Crippen LogP contribution >= 0.6 is 11.8 Å². The van der Waals surface area contributed by atoms with Crippen molar-refractivity contribution >= 4 is 29.0 Å². The first-order valence-electron chi connectivity index (χ1n) is 8.63. The summed E-state index contributed by atoms with van der Waals surface area (Å²) in [6.45, 7) is 4.50. The summed E-state index contributed by atoms with van der Waals surface area (Å²) < 4.78 is 12.9. The molecule has 1 saturated heterocycles. The lowest BCUT2D eigenvalue weighted by Gasteiger charge is -2.32. The molecule has 2 aromatic carbocycles. The van der Waals surface area contributed by atoms with Gasteiger partial charge in [0.05, 0.1) is 5.75 Å². The van der Waals surface area contributed by atoms with Crippen molar-refractivity contribution in [3.8, 4) is 0 Å². The molecular weight excluding hydrogens is 335 g/mol. The lowest BCUT2D eigenvalue weighted by molar-refractivity contribution is -0.113. The van der Waals surface area contributed by atoms with Crippen LogP contribution in [-0.2, 0) is 4.79 Å². The Bertz CT molecular complexity index is 695. The molecule has 5 heteroatoms. The van der Waals surface area contributed by atoms with Gasteiger partial charge in [0.1, 0.15) is 5.82 Å². The maximum Gasteiger partial charge on any atom is 0.234 e. The number of hydrogen-bond acceptors (Lipinski definition) is 3. The van der Waals surface area contributed by atoms with Crippen molar-refractivity contribution in [2.45, 2.75) is 24.7 Å². The third kappa shape index (κ3) is 5.23. The van der Waals surface area contributed by atoms with Gasteiger partial charge in [0.2, 0.25) is 5.91 Å². The zero-order valence-corrected chi connectivity index (χ0v) is 15.2. The minimum absolute atomic E-state index is 0.0612. The maximum absolute atomic E-state index is 12.9. The highest BCUT2D eigenvalue weighted by atomic mass is 32.2. The second-order valence-corrected chi connectivity index (χ2v) is 7.56. The van der Waals surface area contributed by atoms with Gasteiger partial charge in [-0.1, -0.05) is 6.92 Å². The van der Waals surface area contributed by atoms with Gasteiger partial charge < -0.3 is 10.2 Å². The van der Waals surface area contributed by atoms with Gasteiger partial charge in [0.25, 0.3) is 0 Å². The van der Waals surface area contributed by atoms with Crippen LogP contribution < -0.4 is 10.2 Å². The number of carbonyl (C=O) groups is 1. The van der Waals surface area contributed by atoms with Crippen LogP contribution in [0.2, 0.25) is 0 Å². The topological polar surface area (TPSA) is 32.3 Å². The van der Waals surface area contributed by atoms with Crippen LogP contribution in [-0.4, -0.2) is 24.7 Å². The van der Waals surface area contributed by atoms with Gasteiger partial charge >= 0.3 is 0 Å². The Balaban J connectivity index is 1.49. The molecule has 132 valence electrons. The summed E-state index contributed by atoms with van der Waals surface area (Å²) in [6, 6.07) is 14.2. The number of carbonyl (C=O) groups excluding carboxylic acids is 1. The summed E-state index contributed by atoms with van der Waals surface area (Å²) in [6.07, 6.45) is 2.47. The van der Waals surface area contributed by atoms with E-state index in [9.17, 15) is 9.18 Å². The molecule has 0 spiro atoms. The molecule has 0 saturated carbocycles. The van der Waals surface area contributed by atoms with Crippen LogP contribution in [0, 0.1) is 11.7 Å². The first-order chi connectivity index (χ1) is 12.1. The van der Waals surface area contributed by atoms with E-state index in [-0.39, 0.29) is 11.7 Å². The number of hydrogen-bond donors (Lipinski definition) is 1. The fraction of sp³-hybridized carbons (Fsp3) is 0.350. The molecule has 1 aliphatic heterocycles. The van der Waals surface area contributed by atoms with Crippen LogP contribution in [0.15, 0.2) is 53.4 Å². The van der Waals surface area contributed by atoms with Crippen LogP contribution in [0.25, 0.3) is 0 Å². The zero-order chi connectivity index (χ0) is 17.6. The molecule has 0 bridgehead atoms. The van der Waals surface area contributed by atoms with Crippen molar-refractivity contribution < 1.29 is 9.18 Å². The first kappa shape index (κ1) is 17.8. The molecule has 1 fully saturated rings. The number of amides is 1. The number of thioether (sulfide) groups is 1. The quantitative estimate of drug-likeness (QED) is 0.780. The highest BCUT2D eigenvalue weighted by Crippen LogP contribution is 2.24. The number of nitrogens with zero attached hydrogens (tertiary/aromatic N) is 1. The Morgan fingerprint density at radius 2 is 1.76 bits per heavy atom. The van der Waals surface area contributed by atoms with Crippen LogP contribution in [0.3, 0.4) is 0 Å². The Kier molecular flexibility index (Phi) is 5.97. The van der Waals surface area contributed by atoms with E-state index < -0.39 is 0 Å². The van der Waals surface area contributed by atoms with E-state index >= 15 is 0 Å². The SMILES string of the molecule is CC1CCN(c2ccc(NC(=O)CSc3ccc(F)cc3)cc2)CC1. The van der Waals surface area contributed by atoms with Crippen molar-refractivity contribution in [3.63, 3.8) is 0 Å². The predicted molar refractivity (Wildman–Crippen MR) is 103 cm³/mol. The molecule has 3 rings (SSSR count). The minimum atomic E-state index is -0.267. The third-order valence-electron chi connectivity index (χ3n) is 4.48. The van der Waals surface area contributed by atoms with E-state index in [4.69, 9.17) is 0 Å². The van der Waals surface area contributed by atoms with Crippen molar-refractivity contribution in [1.82, 2.24) is 0 Å². The van der Waals surface area contributed by atoms with E-state index in [0.717, 1.165) is 29.6 Å². The van der Waals surface area contributed by atoms with Crippen molar-refractivity contribution in [1.29, 1.82) is 0 Å². The Hall–Kier alpha value is -2.01. The Labute approximate surface area is 152 Å². The summed E-state index contributed by atoms with van der Waals surface area (Å²) in [5.41, 5.74) is 2.02. The summed E-state index contributed by atoms with van der Waals surface area (Å²) in [4.78, 5) is 15.3. The van der Waals surface area contributed by atoms with Crippen molar-refractivity contribution in [3.05, 3.63) is 54.3 Å². The monoisotopic (exact) mass is 358 g/mol. The van der Waals surface area contributed by atoms with Gasteiger partial charge in [0.15, 0.2) is 0 Å². The Morgan fingerprint density at radius 3 is 2.40 bits per heavy atom. The molecule has 3 nitrogen and oxygen atoms in total. The molecule has 0 radical (unpaired) electrons. The van der Waals surface area contributed by atoms with Crippen molar-refractivity contribution in [2.75, 3.05) is 29.1 Å². The summed E-state index contributed by atoms with van der Waals surface area (Å²) in [7, 11) is 0. The van der Waals surface area contributed by atoms with E-state index in [1.807, 2.05) is 12.1 Å². The molecule has 1 aliphatic rings. The second kappa shape index (κ2) is 8.39. The lowest BCUT2D eigenvalue weighted by atomic mass is 9.99. The predicted octanol–water partition coefficient (Wildman–Crippen LogP) is 4.79. The standard InChI is InChI=1S/C20H23FN2OS/c1-15-10-12-23(13-11-15)18-6-4-17(5-7-18)22-20(24)14-25-19-8-2-16(21)3-9-19/h2-9,15H,10-14H2,1H3,(H,22,24). The molecule has 1 N–H and O–H groups in total. The van der Waals surface area contributed by atoms with E-state index in [1.54, 1.807) is 12.1 Å². The summed E-state index contributed by atoms with van der Waals surface area (Å²) in [5, 5.41) is 2.91. The van der Waals surface area contributed by atoms with Gasteiger partial charge in [-0.25, -0.2) is 4.39 Å².